The minimum absolute atomic E-state index is 0.344. The van der Waals surface area contributed by atoms with Gasteiger partial charge in [0.2, 0.25) is 0 Å². The van der Waals surface area contributed by atoms with Gasteiger partial charge in [-0.2, -0.15) is 5.26 Å². The maximum atomic E-state index is 11.3. The van der Waals surface area contributed by atoms with E-state index in [1.54, 1.807) is 20.8 Å². The quantitative estimate of drug-likeness (QED) is 0.558. The molecule has 0 aliphatic heterocycles. The van der Waals surface area contributed by atoms with Crippen molar-refractivity contribution in [2.24, 2.45) is 5.73 Å². The highest BCUT2D eigenvalue weighted by atomic mass is 32.2. The molecule has 0 amide bonds. The monoisotopic (exact) mass is 216 g/mol. The van der Waals surface area contributed by atoms with E-state index >= 15 is 0 Å². The number of carbonyl (C=O) groups is 1. The average Bonchev–Trinajstić information content (AvgIpc) is 2.01. The molecule has 0 fully saturated rings. The zero-order chi connectivity index (χ0) is 11.2. The number of thioether (sulfide) groups is 1. The van der Waals surface area contributed by atoms with E-state index in [0.717, 1.165) is 0 Å². The number of hydrogen-bond donors (Lipinski definition) is 1. The van der Waals surface area contributed by atoms with E-state index in [2.05, 4.69) is 0 Å². The zero-order valence-corrected chi connectivity index (χ0v) is 9.56. The number of hydrogen-bond acceptors (Lipinski definition) is 5. The van der Waals surface area contributed by atoms with Gasteiger partial charge in [-0.1, -0.05) is 0 Å². The molecule has 0 spiro atoms. The summed E-state index contributed by atoms with van der Waals surface area (Å²) in [5, 5.41) is 8.28. The third kappa shape index (κ3) is 6.75. The van der Waals surface area contributed by atoms with Crippen molar-refractivity contribution in [1.82, 2.24) is 0 Å². The molecule has 0 aliphatic rings. The van der Waals surface area contributed by atoms with Gasteiger partial charge in [-0.15, -0.1) is 11.8 Å². The molecule has 0 bridgehead atoms. The van der Waals surface area contributed by atoms with Crippen molar-refractivity contribution < 1.29 is 9.53 Å². The molecule has 5 heteroatoms. The summed E-state index contributed by atoms with van der Waals surface area (Å²) in [5.41, 5.74) is 5.06. The SMILES string of the molecule is CC(C)(C)OC(=O)[C@@H](N)CSCC#N. The van der Waals surface area contributed by atoms with Gasteiger partial charge in [0.05, 0.1) is 11.8 Å². The van der Waals surface area contributed by atoms with Gasteiger partial charge in [0, 0.05) is 5.75 Å². The zero-order valence-electron chi connectivity index (χ0n) is 8.74. The third-order valence-corrected chi connectivity index (χ3v) is 2.10. The first-order chi connectivity index (χ1) is 6.37. The number of nitrogens with two attached hydrogens (primary N) is 1. The molecule has 1 atom stereocenters. The fourth-order valence-electron chi connectivity index (χ4n) is 0.677. The van der Waals surface area contributed by atoms with E-state index in [4.69, 9.17) is 15.7 Å². The van der Waals surface area contributed by atoms with Crippen LogP contribution < -0.4 is 5.73 Å². The molecule has 14 heavy (non-hydrogen) atoms. The predicted molar refractivity (Wildman–Crippen MR) is 56.8 cm³/mol. The lowest BCUT2D eigenvalue weighted by molar-refractivity contribution is -0.155. The molecule has 0 saturated carbocycles. The molecule has 0 saturated heterocycles. The first kappa shape index (κ1) is 13.3. The second-order valence-electron chi connectivity index (χ2n) is 3.81. The minimum atomic E-state index is -0.646. The summed E-state index contributed by atoms with van der Waals surface area (Å²) in [7, 11) is 0. The summed E-state index contributed by atoms with van der Waals surface area (Å²) in [5.74, 6) is 0.349. The van der Waals surface area contributed by atoms with Gasteiger partial charge in [-0.25, -0.2) is 0 Å². The van der Waals surface area contributed by atoms with Crippen molar-refractivity contribution in [3.8, 4) is 6.07 Å². The van der Waals surface area contributed by atoms with Gasteiger partial charge >= 0.3 is 5.97 Å². The highest BCUT2D eigenvalue weighted by Crippen LogP contribution is 2.09. The summed E-state index contributed by atoms with van der Waals surface area (Å²) in [4.78, 5) is 11.3. The molecule has 0 unspecified atom stereocenters. The molecule has 0 radical (unpaired) electrons. The Labute approximate surface area is 88.8 Å². The molecule has 80 valence electrons. The standard InChI is InChI=1S/C9H16N2O2S/c1-9(2,3)13-8(12)7(11)6-14-5-4-10/h7H,5-6,11H2,1-3H3/t7-/m0/s1. The summed E-state index contributed by atoms with van der Waals surface area (Å²) < 4.78 is 5.07. The lowest BCUT2D eigenvalue weighted by Crippen LogP contribution is -2.39. The number of carbonyl (C=O) groups excluding carboxylic acids is 1. The molecule has 4 nitrogen and oxygen atoms in total. The Morgan fingerprint density at radius 1 is 1.64 bits per heavy atom. The second-order valence-corrected chi connectivity index (χ2v) is 4.84. The molecule has 0 aromatic rings. The van der Waals surface area contributed by atoms with Crippen molar-refractivity contribution in [1.29, 1.82) is 5.26 Å². The van der Waals surface area contributed by atoms with E-state index in [1.165, 1.54) is 11.8 Å². The molecular formula is C9H16N2O2S. The van der Waals surface area contributed by atoms with Crippen LogP contribution in [0.3, 0.4) is 0 Å². The number of esters is 1. The number of rotatable bonds is 4. The molecule has 0 aliphatic carbocycles. The Morgan fingerprint density at radius 2 is 2.21 bits per heavy atom. The van der Waals surface area contributed by atoms with E-state index in [1.807, 2.05) is 6.07 Å². The number of nitriles is 1. The molecule has 0 aromatic carbocycles. The number of ether oxygens (including phenoxy) is 1. The second kappa shape index (κ2) is 5.89. The van der Waals surface area contributed by atoms with Crippen LogP contribution in [-0.4, -0.2) is 29.1 Å². The van der Waals surface area contributed by atoms with Crippen molar-refractivity contribution >= 4 is 17.7 Å². The Balaban J connectivity index is 3.84. The van der Waals surface area contributed by atoms with Crippen molar-refractivity contribution in [3.05, 3.63) is 0 Å². The summed E-state index contributed by atoms with van der Waals surface area (Å²) in [6.07, 6.45) is 0. The van der Waals surface area contributed by atoms with Gasteiger partial charge in [0.15, 0.2) is 0 Å². The first-order valence-corrected chi connectivity index (χ1v) is 5.45. The largest absolute Gasteiger partial charge is 0.459 e. The van der Waals surface area contributed by atoms with Crippen LogP contribution in [-0.2, 0) is 9.53 Å². The van der Waals surface area contributed by atoms with Crippen LogP contribution in [0.15, 0.2) is 0 Å². The Bertz CT molecular complexity index is 230. The predicted octanol–water partition coefficient (Wildman–Crippen LogP) is 0.912. The van der Waals surface area contributed by atoms with Crippen LogP contribution in [0.4, 0.5) is 0 Å². The summed E-state index contributed by atoms with van der Waals surface area (Å²) in [6, 6.07) is 1.32. The molecule has 0 heterocycles. The maximum absolute atomic E-state index is 11.3. The highest BCUT2D eigenvalue weighted by molar-refractivity contribution is 7.99. The van der Waals surface area contributed by atoms with E-state index in [9.17, 15) is 4.79 Å². The first-order valence-electron chi connectivity index (χ1n) is 4.30. The smallest absolute Gasteiger partial charge is 0.324 e. The van der Waals surface area contributed by atoms with Gasteiger partial charge in [0.1, 0.15) is 11.6 Å². The molecule has 0 aromatic heterocycles. The normalized spacial score (nSPS) is 13.1. The van der Waals surface area contributed by atoms with Crippen LogP contribution in [0.1, 0.15) is 20.8 Å². The van der Waals surface area contributed by atoms with Gasteiger partial charge in [-0.3, -0.25) is 4.79 Å². The van der Waals surface area contributed by atoms with Gasteiger partial charge in [-0.05, 0) is 20.8 Å². The molecular weight excluding hydrogens is 200 g/mol. The average molecular weight is 216 g/mol. The fourth-order valence-corrected chi connectivity index (χ4v) is 1.28. The fraction of sp³-hybridized carbons (Fsp3) is 0.778. The van der Waals surface area contributed by atoms with Crippen LogP contribution in [0, 0.1) is 11.3 Å². The summed E-state index contributed by atoms with van der Waals surface area (Å²) >= 11 is 1.33. The minimum Gasteiger partial charge on any atom is -0.459 e. The highest BCUT2D eigenvalue weighted by Gasteiger charge is 2.21. The Hall–Kier alpha value is -0.730. The van der Waals surface area contributed by atoms with Crippen molar-refractivity contribution in [2.75, 3.05) is 11.5 Å². The van der Waals surface area contributed by atoms with Crippen molar-refractivity contribution in [2.45, 2.75) is 32.4 Å². The van der Waals surface area contributed by atoms with Crippen LogP contribution in [0.2, 0.25) is 0 Å². The van der Waals surface area contributed by atoms with E-state index < -0.39 is 17.6 Å². The van der Waals surface area contributed by atoms with Crippen molar-refractivity contribution in [3.63, 3.8) is 0 Å². The summed E-state index contributed by atoms with van der Waals surface area (Å²) in [6.45, 7) is 5.38. The molecule has 0 rings (SSSR count). The van der Waals surface area contributed by atoms with E-state index in [0.29, 0.717) is 11.5 Å². The maximum Gasteiger partial charge on any atom is 0.324 e. The third-order valence-electron chi connectivity index (χ3n) is 1.17. The lowest BCUT2D eigenvalue weighted by atomic mass is 10.2. The van der Waals surface area contributed by atoms with Crippen LogP contribution in [0.25, 0.3) is 0 Å². The van der Waals surface area contributed by atoms with E-state index in [-0.39, 0.29) is 0 Å². The van der Waals surface area contributed by atoms with Crippen LogP contribution in [0.5, 0.6) is 0 Å². The van der Waals surface area contributed by atoms with Gasteiger partial charge < -0.3 is 10.5 Å². The van der Waals surface area contributed by atoms with Crippen LogP contribution >= 0.6 is 11.8 Å². The van der Waals surface area contributed by atoms with Gasteiger partial charge in [0.25, 0.3) is 0 Å². The molecule has 2 N–H and O–H groups in total. The number of nitrogens with zero attached hydrogens (tertiary/aromatic N) is 1. The Morgan fingerprint density at radius 3 is 2.64 bits per heavy atom. The lowest BCUT2D eigenvalue weighted by Gasteiger charge is -2.21. The topological polar surface area (TPSA) is 76.1 Å². The Kier molecular flexibility index (Phi) is 5.58.